The monoisotopic (exact) mass is 550 g/mol. The Hall–Kier alpha value is -3.75. The van der Waals surface area contributed by atoms with Gasteiger partial charge in [0.1, 0.15) is 23.2 Å². The SMILES string of the molecule is CCCCOc1cc(F)c(-c2ccc3c(F)c(CCc4ccc(OCC(F)(F)F)c(F)c4)ccc3c2)c(F)c1. The van der Waals surface area contributed by atoms with E-state index in [0.717, 1.165) is 37.1 Å². The molecule has 0 aliphatic heterocycles. The second-order valence-electron chi connectivity index (χ2n) is 9.11. The number of benzene rings is 4. The third-order valence-corrected chi connectivity index (χ3v) is 6.18. The highest BCUT2D eigenvalue weighted by Crippen LogP contribution is 2.33. The molecule has 0 saturated heterocycles. The summed E-state index contributed by atoms with van der Waals surface area (Å²) in [5.41, 5.74) is 0.788. The van der Waals surface area contributed by atoms with E-state index in [1.807, 2.05) is 6.92 Å². The molecule has 0 bridgehead atoms. The van der Waals surface area contributed by atoms with Crippen LogP contribution >= 0.6 is 0 Å². The van der Waals surface area contributed by atoms with E-state index in [4.69, 9.17) is 4.74 Å². The number of aryl methyl sites for hydroxylation is 2. The molecule has 0 unspecified atom stereocenters. The molecule has 4 aromatic rings. The lowest BCUT2D eigenvalue weighted by Gasteiger charge is -2.12. The molecule has 4 rings (SSSR count). The molecule has 0 N–H and O–H groups in total. The fourth-order valence-corrected chi connectivity index (χ4v) is 4.18. The maximum atomic E-state index is 15.3. The second-order valence-corrected chi connectivity index (χ2v) is 9.11. The van der Waals surface area contributed by atoms with Crippen LogP contribution in [0.5, 0.6) is 11.5 Å². The molecule has 0 atom stereocenters. The summed E-state index contributed by atoms with van der Waals surface area (Å²) in [4.78, 5) is 0. The third-order valence-electron chi connectivity index (χ3n) is 6.18. The predicted octanol–water partition coefficient (Wildman–Crippen LogP) is 8.97. The number of hydrogen-bond donors (Lipinski definition) is 0. The molecule has 2 nitrogen and oxygen atoms in total. The molecule has 0 aliphatic carbocycles. The van der Waals surface area contributed by atoms with E-state index in [1.54, 1.807) is 6.07 Å². The van der Waals surface area contributed by atoms with Crippen LogP contribution in [0.1, 0.15) is 30.9 Å². The van der Waals surface area contributed by atoms with Crippen LogP contribution < -0.4 is 9.47 Å². The van der Waals surface area contributed by atoms with Gasteiger partial charge in [-0.15, -0.1) is 0 Å². The van der Waals surface area contributed by atoms with Gasteiger partial charge in [-0.3, -0.25) is 0 Å². The van der Waals surface area contributed by atoms with Crippen LogP contribution in [-0.2, 0) is 12.8 Å². The van der Waals surface area contributed by atoms with Crippen LogP contribution in [-0.4, -0.2) is 19.4 Å². The first kappa shape index (κ1) is 28.3. The third kappa shape index (κ3) is 7.02. The van der Waals surface area contributed by atoms with Crippen molar-refractivity contribution in [3.8, 4) is 22.6 Å². The topological polar surface area (TPSA) is 18.5 Å². The molecule has 0 amide bonds. The summed E-state index contributed by atoms with van der Waals surface area (Å²) in [7, 11) is 0. The Kier molecular flexibility index (Phi) is 8.67. The van der Waals surface area contributed by atoms with Gasteiger partial charge in [0, 0.05) is 17.5 Å². The fraction of sp³-hybridized carbons (Fsp3) is 0.267. The van der Waals surface area contributed by atoms with Gasteiger partial charge in [-0.2, -0.15) is 13.2 Å². The number of halogens is 7. The van der Waals surface area contributed by atoms with Gasteiger partial charge in [0.2, 0.25) is 0 Å². The Balaban J connectivity index is 1.50. The highest BCUT2D eigenvalue weighted by Gasteiger charge is 2.29. The van der Waals surface area contributed by atoms with Crippen LogP contribution in [0.4, 0.5) is 30.7 Å². The molecule has 0 aromatic heterocycles. The molecular formula is C30H25F7O2. The Morgan fingerprint density at radius 1 is 0.744 bits per heavy atom. The van der Waals surface area contributed by atoms with E-state index in [1.165, 1.54) is 30.3 Å². The average molecular weight is 551 g/mol. The summed E-state index contributed by atoms with van der Waals surface area (Å²) in [6.45, 7) is 0.719. The van der Waals surface area contributed by atoms with Crippen LogP contribution in [0.2, 0.25) is 0 Å². The maximum absolute atomic E-state index is 15.3. The number of rotatable bonds is 10. The smallest absolute Gasteiger partial charge is 0.422 e. The summed E-state index contributed by atoms with van der Waals surface area (Å²) in [6.07, 6.45) is -2.54. The Morgan fingerprint density at radius 2 is 1.49 bits per heavy atom. The first-order valence-electron chi connectivity index (χ1n) is 12.4. The lowest BCUT2D eigenvalue weighted by atomic mass is 9.96. The molecule has 9 heteroatoms. The van der Waals surface area contributed by atoms with Crippen molar-refractivity contribution in [3.63, 3.8) is 0 Å². The minimum absolute atomic E-state index is 0.0991. The standard InChI is InChI=1S/C30H25F7O2/c1-2-3-12-38-22-15-25(32)28(26(33)16-22)21-9-10-23-20(14-21)8-7-19(29(23)34)6-4-18-5-11-27(24(31)13-18)39-17-30(35,36)37/h5,7-11,13-16H,2-4,6,12,17H2,1H3. The number of hydrogen-bond acceptors (Lipinski definition) is 2. The molecule has 0 spiro atoms. The molecule has 0 fully saturated rings. The molecule has 0 radical (unpaired) electrons. The Morgan fingerprint density at radius 3 is 2.15 bits per heavy atom. The summed E-state index contributed by atoms with van der Waals surface area (Å²) >= 11 is 0. The lowest BCUT2D eigenvalue weighted by molar-refractivity contribution is -0.153. The maximum Gasteiger partial charge on any atom is 0.422 e. The van der Waals surface area contributed by atoms with E-state index < -0.39 is 41.8 Å². The quantitative estimate of drug-likeness (QED) is 0.145. The van der Waals surface area contributed by atoms with Crippen LogP contribution in [0.15, 0.2) is 60.7 Å². The van der Waals surface area contributed by atoms with Gasteiger partial charge >= 0.3 is 6.18 Å². The zero-order valence-corrected chi connectivity index (χ0v) is 21.0. The molecule has 0 heterocycles. The molecule has 0 saturated carbocycles. The summed E-state index contributed by atoms with van der Waals surface area (Å²) in [5, 5.41) is 0.687. The highest BCUT2D eigenvalue weighted by atomic mass is 19.4. The molecular weight excluding hydrogens is 525 g/mol. The van der Waals surface area contributed by atoms with Gasteiger partial charge in [-0.1, -0.05) is 43.7 Å². The van der Waals surface area contributed by atoms with Gasteiger partial charge in [0.15, 0.2) is 18.2 Å². The molecule has 0 aliphatic rings. The van der Waals surface area contributed by atoms with Crippen molar-refractivity contribution in [2.24, 2.45) is 0 Å². The zero-order valence-electron chi connectivity index (χ0n) is 21.0. The van der Waals surface area contributed by atoms with Crippen molar-refractivity contribution in [2.75, 3.05) is 13.2 Å². The first-order chi connectivity index (χ1) is 18.6. The van der Waals surface area contributed by atoms with Gasteiger partial charge in [-0.05, 0) is 59.5 Å². The summed E-state index contributed by atoms with van der Waals surface area (Å²) in [6, 6.07) is 13.4. The van der Waals surface area contributed by atoms with E-state index in [-0.39, 0.29) is 35.1 Å². The van der Waals surface area contributed by atoms with Crippen molar-refractivity contribution < 1.29 is 40.2 Å². The summed E-state index contributed by atoms with van der Waals surface area (Å²) in [5.74, 6) is -3.47. The van der Waals surface area contributed by atoms with Crippen LogP contribution in [0.3, 0.4) is 0 Å². The van der Waals surface area contributed by atoms with Crippen molar-refractivity contribution in [1.82, 2.24) is 0 Å². The number of ether oxygens (including phenoxy) is 2. The minimum Gasteiger partial charge on any atom is -0.493 e. The van der Waals surface area contributed by atoms with E-state index >= 15 is 4.39 Å². The Labute approximate surface area is 221 Å². The van der Waals surface area contributed by atoms with Crippen molar-refractivity contribution in [1.29, 1.82) is 0 Å². The average Bonchev–Trinajstić information content (AvgIpc) is 2.87. The van der Waals surface area contributed by atoms with Gasteiger partial charge < -0.3 is 9.47 Å². The first-order valence-corrected chi connectivity index (χ1v) is 12.4. The molecule has 39 heavy (non-hydrogen) atoms. The normalized spacial score (nSPS) is 11.7. The van der Waals surface area contributed by atoms with Crippen molar-refractivity contribution in [3.05, 3.63) is 95.1 Å². The van der Waals surface area contributed by atoms with Gasteiger partial charge in [-0.25, -0.2) is 17.6 Å². The lowest BCUT2D eigenvalue weighted by Crippen LogP contribution is -2.19. The number of fused-ring (bicyclic) bond motifs is 1. The van der Waals surface area contributed by atoms with E-state index in [0.29, 0.717) is 23.1 Å². The fourth-order valence-electron chi connectivity index (χ4n) is 4.18. The second kappa shape index (κ2) is 12.0. The molecule has 4 aromatic carbocycles. The van der Waals surface area contributed by atoms with Gasteiger partial charge in [0.05, 0.1) is 12.2 Å². The Bertz CT molecular complexity index is 1440. The van der Waals surface area contributed by atoms with Crippen LogP contribution in [0.25, 0.3) is 21.9 Å². The minimum atomic E-state index is -4.59. The number of alkyl halides is 3. The van der Waals surface area contributed by atoms with Crippen molar-refractivity contribution >= 4 is 10.8 Å². The number of unbranched alkanes of at least 4 members (excludes halogenated alkanes) is 1. The van der Waals surface area contributed by atoms with Crippen LogP contribution in [0, 0.1) is 23.3 Å². The zero-order chi connectivity index (χ0) is 28.2. The van der Waals surface area contributed by atoms with Gasteiger partial charge in [0.25, 0.3) is 0 Å². The predicted molar refractivity (Wildman–Crippen MR) is 135 cm³/mol. The highest BCUT2D eigenvalue weighted by molar-refractivity contribution is 5.88. The van der Waals surface area contributed by atoms with E-state index in [9.17, 15) is 26.3 Å². The molecule has 206 valence electrons. The largest absolute Gasteiger partial charge is 0.493 e. The van der Waals surface area contributed by atoms with Crippen molar-refractivity contribution in [2.45, 2.75) is 38.8 Å². The van der Waals surface area contributed by atoms with E-state index in [2.05, 4.69) is 4.74 Å². The summed E-state index contributed by atoms with van der Waals surface area (Å²) < 4.78 is 106.